The smallest absolute Gasteiger partial charge is 0.263 e. The summed E-state index contributed by atoms with van der Waals surface area (Å²) in [7, 11) is 1.61. The van der Waals surface area contributed by atoms with E-state index in [0.29, 0.717) is 27.6 Å². The second-order valence-corrected chi connectivity index (χ2v) is 9.77. The van der Waals surface area contributed by atoms with Gasteiger partial charge in [-0.1, -0.05) is 59.8 Å². The summed E-state index contributed by atoms with van der Waals surface area (Å²) in [5.41, 5.74) is 5.24. The van der Waals surface area contributed by atoms with Gasteiger partial charge in [0.25, 0.3) is 5.56 Å². The highest BCUT2D eigenvalue weighted by molar-refractivity contribution is 7.99. The van der Waals surface area contributed by atoms with Gasteiger partial charge in [-0.2, -0.15) is 0 Å². The Kier molecular flexibility index (Phi) is 6.36. The van der Waals surface area contributed by atoms with E-state index < -0.39 is 0 Å². The lowest BCUT2D eigenvalue weighted by molar-refractivity contribution is 0.102. The van der Waals surface area contributed by atoms with Gasteiger partial charge in [0, 0.05) is 11.1 Å². The molecule has 0 atom stereocenters. The minimum absolute atomic E-state index is 0.0402. The number of ketones is 1. The number of hydrogen-bond donors (Lipinski definition) is 0. The van der Waals surface area contributed by atoms with Crippen molar-refractivity contribution >= 4 is 34.2 Å². The average molecular weight is 499 g/mol. The first-order chi connectivity index (χ1) is 17.4. The third-order valence-electron chi connectivity index (χ3n) is 6.29. The third kappa shape index (κ3) is 4.18. The molecule has 0 aliphatic heterocycles. The zero-order chi connectivity index (χ0) is 25.4. The normalized spacial score (nSPS) is 11.3. The average Bonchev–Trinajstić information content (AvgIpc) is 3.29. The molecule has 0 fully saturated rings. The van der Waals surface area contributed by atoms with Crippen LogP contribution in [0.5, 0.6) is 5.75 Å². The first-order valence-electron chi connectivity index (χ1n) is 11.6. The Morgan fingerprint density at radius 2 is 1.67 bits per heavy atom. The summed E-state index contributed by atoms with van der Waals surface area (Å²) in [5, 5.41) is 9.89. The summed E-state index contributed by atoms with van der Waals surface area (Å²) in [6.07, 6.45) is 0. The summed E-state index contributed by atoms with van der Waals surface area (Å²) in [6.45, 7) is 6.24. The number of fused-ring (bicyclic) bond motifs is 3. The highest BCUT2D eigenvalue weighted by Gasteiger charge is 2.20. The summed E-state index contributed by atoms with van der Waals surface area (Å²) in [6, 6.07) is 19.0. The molecule has 0 aliphatic rings. The van der Waals surface area contributed by atoms with Crippen LogP contribution in [-0.4, -0.2) is 37.8 Å². The lowest BCUT2D eigenvalue weighted by Crippen LogP contribution is -2.24. The van der Waals surface area contributed by atoms with Crippen LogP contribution >= 0.6 is 11.8 Å². The number of methoxy groups -OCH3 is 1. The van der Waals surface area contributed by atoms with Crippen LogP contribution in [0.15, 0.2) is 70.6 Å². The molecule has 0 unspecified atom stereocenters. The Morgan fingerprint density at radius 3 is 2.42 bits per heavy atom. The van der Waals surface area contributed by atoms with E-state index in [2.05, 4.69) is 10.2 Å². The molecule has 2 aromatic heterocycles. The number of Topliss-reactive ketones (excluding diaryl/α,β-unsaturated/α-hetero) is 1. The molecule has 5 rings (SSSR count). The number of rotatable bonds is 7. The number of benzene rings is 3. The van der Waals surface area contributed by atoms with Gasteiger partial charge in [0.05, 0.1) is 30.3 Å². The Morgan fingerprint density at radius 1 is 0.972 bits per heavy atom. The zero-order valence-corrected chi connectivity index (χ0v) is 21.4. The molecule has 7 nitrogen and oxygen atoms in total. The fraction of sp³-hybridized carbons (Fsp3) is 0.214. The molecule has 0 spiro atoms. The summed E-state index contributed by atoms with van der Waals surface area (Å²) >= 11 is 1.32. The number of thioether (sulfide) groups is 1. The predicted octanol–water partition coefficient (Wildman–Crippen LogP) is 5.00. The van der Waals surface area contributed by atoms with Crippen LogP contribution in [0, 0.1) is 20.8 Å². The van der Waals surface area contributed by atoms with E-state index in [9.17, 15) is 9.59 Å². The van der Waals surface area contributed by atoms with E-state index in [4.69, 9.17) is 4.74 Å². The predicted molar refractivity (Wildman–Crippen MR) is 143 cm³/mol. The molecule has 5 aromatic rings. The number of ether oxygens (including phenoxy) is 1. The highest BCUT2D eigenvalue weighted by Crippen LogP contribution is 2.26. The van der Waals surface area contributed by atoms with Crippen molar-refractivity contribution in [3.63, 3.8) is 0 Å². The Balaban J connectivity index is 1.58. The van der Waals surface area contributed by atoms with E-state index >= 15 is 0 Å². The van der Waals surface area contributed by atoms with Gasteiger partial charge in [-0.3, -0.25) is 18.6 Å². The Bertz CT molecular complexity index is 1660. The van der Waals surface area contributed by atoms with Gasteiger partial charge >= 0.3 is 0 Å². The first-order valence-corrected chi connectivity index (χ1v) is 12.6. The van der Waals surface area contributed by atoms with Crippen molar-refractivity contribution in [1.82, 2.24) is 19.2 Å². The van der Waals surface area contributed by atoms with Gasteiger partial charge < -0.3 is 4.74 Å². The fourth-order valence-corrected chi connectivity index (χ4v) is 5.61. The van der Waals surface area contributed by atoms with Crippen molar-refractivity contribution in [2.75, 3.05) is 12.9 Å². The molecule has 182 valence electrons. The number of aromatic nitrogens is 4. The second kappa shape index (κ2) is 9.62. The molecule has 0 saturated carbocycles. The maximum absolute atomic E-state index is 13.5. The second-order valence-electron chi connectivity index (χ2n) is 8.82. The van der Waals surface area contributed by atoms with Crippen molar-refractivity contribution in [3.05, 3.63) is 98.8 Å². The summed E-state index contributed by atoms with van der Waals surface area (Å²) < 4.78 is 8.96. The van der Waals surface area contributed by atoms with Crippen LogP contribution in [-0.2, 0) is 6.54 Å². The van der Waals surface area contributed by atoms with E-state index in [0.717, 1.165) is 27.8 Å². The Hall–Kier alpha value is -3.91. The van der Waals surface area contributed by atoms with Crippen LogP contribution in [0.1, 0.15) is 32.6 Å². The number of aryl methyl sites for hydroxylation is 3. The highest BCUT2D eigenvalue weighted by atomic mass is 32.2. The summed E-state index contributed by atoms with van der Waals surface area (Å²) in [5.74, 6) is 1.37. The van der Waals surface area contributed by atoms with E-state index in [1.807, 2.05) is 79.8 Å². The maximum Gasteiger partial charge on any atom is 0.263 e. The molecule has 2 heterocycles. The zero-order valence-electron chi connectivity index (χ0n) is 20.6. The lowest BCUT2D eigenvalue weighted by Gasteiger charge is -2.13. The molecule has 0 aliphatic carbocycles. The van der Waals surface area contributed by atoms with Crippen molar-refractivity contribution in [1.29, 1.82) is 0 Å². The Labute approximate surface area is 212 Å². The van der Waals surface area contributed by atoms with E-state index in [1.165, 1.54) is 11.8 Å². The number of para-hydroxylation sites is 2. The number of carbonyl (C=O) groups is 1. The fourth-order valence-electron chi connectivity index (χ4n) is 4.80. The minimum Gasteiger partial charge on any atom is -0.496 e. The maximum atomic E-state index is 13.5. The van der Waals surface area contributed by atoms with Crippen LogP contribution < -0.4 is 10.3 Å². The van der Waals surface area contributed by atoms with Gasteiger partial charge in [-0.25, -0.2) is 0 Å². The van der Waals surface area contributed by atoms with Gasteiger partial charge in [-0.15, -0.1) is 10.2 Å². The SMILES string of the molecule is COc1ccccc1Cn1c(=O)c2ccccc2n2c(SCC(=O)c3c(C)cc(C)cc3C)nnc12. The van der Waals surface area contributed by atoms with Crippen LogP contribution in [0.3, 0.4) is 0 Å². The number of carbonyl (C=O) groups excluding carboxylic acids is 1. The summed E-state index contributed by atoms with van der Waals surface area (Å²) in [4.78, 5) is 26.7. The molecule has 3 aromatic carbocycles. The number of nitrogens with zero attached hydrogens (tertiary/aromatic N) is 4. The van der Waals surface area contributed by atoms with Crippen molar-refractivity contribution < 1.29 is 9.53 Å². The van der Waals surface area contributed by atoms with Crippen LogP contribution in [0.25, 0.3) is 16.7 Å². The molecule has 0 radical (unpaired) electrons. The molecular formula is C28H26N4O3S. The van der Waals surface area contributed by atoms with E-state index in [1.54, 1.807) is 17.7 Å². The van der Waals surface area contributed by atoms with Gasteiger partial charge in [-0.05, 0) is 50.1 Å². The molecule has 36 heavy (non-hydrogen) atoms. The molecular weight excluding hydrogens is 472 g/mol. The van der Waals surface area contributed by atoms with Gasteiger partial charge in [0.1, 0.15) is 5.75 Å². The minimum atomic E-state index is -0.157. The first kappa shape index (κ1) is 23.8. The van der Waals surface area contributed by atoms with Crippen molar-refractivity contribution in [3.8, 4) is 5.75 Å². The number of hydrogen-bond acceptors (Lipinski definition) is 6. The molecule has 0 N–H and O–H groups in total. The van der Waals surface area contributed by atoms with E-state index in [-0.39, 0.29) is 23.6 Å². The van der Waals surface area contributed by atoms with Gasteiger partial charge in [0.2, 0.25) is 5.78 Å². The molecule has 0 bridgehead atoms. The van der Waals surface area contributed by atoms with Crippen LogP contribution in [0.2, 0.25) is 0 Å². The molecule has 8 heteroatoms. The molecule has 0 amide bonds. The monoisotopic (exact) mass is 498 g/mol. The standard InChI is InChI=1S/C28H26N4O3S/c1-17-13-18(2)25(19(3)14-17)23(33)16-36-28-30-29-27-31(15-20-9-5-8-12-24(20)35-4)26(34)21-10-6-7-11-22(21)32(27)28/h5-14H,15-16H2,1-4H3. The van der Waals surface area contributed by atoms with Gasteiger partial charge in [0.15, 0.2) is 10.9 Å². The topological polar surface area (TPSA) is 78.5 Å². The largest absolute Gasteiger partial charge is 0.496 e. The van der Waals surface area contributed by atoms with Crippen molar-refractivity contribution in [2.24, 2.45) is 0 Å². The quantitative estimate of drug-likeness (QED) is 0.232. The molecule has 0 saturated heterocycles. The van der Waals surface area contributed by atoms with Crippen LogP contribution in [0.4, 0.5) is 0 Å². The third-order valence-corrected chi connectivity index (χ3v) is 7.22. The van der Waals surface area contributed by atoms with Crippen molar-refractivity contribution in [2.45, 2.75) is 32.5 Å². The lowest BCUT2D eigenvalue weighted by atomic mass is 9.97.